The molecule has 0 saturated heterocycles. The zero-order valence-electron chi connectivity index (χ0n) is 42.4. The van der Waals surface area contributed by atoms with Gasteiger partial charge in [-0.25, -0.2) is 4.98 Å². The molecule has 348 valence electrons. The second-order valence-corrected chi connectivity index (χ2v) is 23.4. The Morgan fingerprint density at radius 2 is 1.05 bits per heavy atom. The van der Waals surface area contributed by atoms with Gasteiger partial charge >= 0.3 is 0 Å². The summed E-state index contributed by atoms with van der Waals surface area (Å²) in [6, 6.07) is 43.1. The molecule has 0 atom stereocenters. The maximum Gasteiger partial charge on any atom is 0.135 e. The molecule has 0 amide bonds. The molecule has 7 aromatic rings. The summed E-state index contributed by atoms with van der Waals surface area (Å²) < 4.78 is 9.04. The van der Waals surface area contributed by atoms with E-state index in [2.05, 4.69) is 242 Å². The van der Waals surface area contributed by atoms with E-state index in [1.54, 1.807) is 0 Å². The van der Waals surface area contributed by atoms with Gasteiger partial charge in [-0.15, -0.1) is 53.6 Å². The molecule has 3 heterocycles. The number of para-hydroxylation sites is 1. The average Bonchev–Trinajstić information content (AvgIpc) is 3.71. The molecule has 66 heavy (non-hydrogen) atoms. The summed E-state index contributed by atoms with van der Waals surface area (Å²) in [5.74, 6) is 2.12. The number of ether oxygens (including phenoxy) is 1. The van der Waals surface area contributed by atoms with E-state index in [9.17, 15) is 0 Å². The maximum absolute atomic E-state index is 6.83. The first-order chi connectivity index (χ1) is 30.2. The molecule has 1 aliphatic heterocycles. The van der Waals surface area contributed by atoms with Gasteiger partial charge in [0.15, 0.2) is 0 Å². The number of hydrogen-bond donors (Lipinski definition) is 0. The predicted molar refractivity (Wildman–Crippen MR) is 276 cm³/mol. The topological polar surface area (TPSA) is 33.5 Å². The Kier molecular flexibility index (Phi) is 12.7. The Hall–Kier alpha value is -5.12. The van der Waals surface area contributed by atoms with Crippen LogP contribution >= 0.6 is 0 Å². The number of anilines is 2. The molecular weight excluding hydrogens is 988 g/mol. The molecule has 5 aromatic carbocycles. The van der Waals surface area contributed by atoms with E-state index >= 15 is 0 Å². The Morgan fingerprint density at radius 1 is 0.500 bits per heavy atom. The monoisotopic (exact) mass is 1060 g/mol. The molecule has 0 fully saturated rings. The minimum absolute atomic E-state index is 0. The first-order valence-corrected chi connectivity index (χ1v) is 23.3. The predicted octanol–water partition coefficient (Wildman–Crippen LogP) is 16.4. The number of pyridine rings is 1. The van der Waals surface area contributed by atoms with Crippen molar-refractivity contribution in [1.82, 2.24) is 9.55 Å². The van der Waals surface area contributed by atoms with Crippen molar-refractivity contribution in [3.8, 4) is 28.4 Å². The van der Waals surface area contributed by atoms with Crippen molar-refractivity contribution in [3.05, 3.63) is 161 Å². The maximum atomic E-state index is 6.83. The zero-order valence-corrected chi connectivity index (χ0v) is 44.7. The zero-order chi connectivity index (χ0) is 47.2. The summed E-state index contributed by atoms with van der Waals surface area (Å²) >= 11 is 0. The van der Waals surface area contributed by atoms with E-state index in [4.69, 9.17) is 9.72 Å². The van der Waals surface area contributed by atoms with Gasteiger partial charge in [0.1, 0.15) is 5.82 Å². The Labute approximate surface area is 410 Å². The molecule has 2 aromatic heterocycles. The quantitative estimate of drug-likeness (QED) is 0.155. The van der Waals surface area contributed by atoms with Crippen LogP contribution in [0.3, 0.4) is 0 Å². The van der Waals surface area contributed by atoms with Crippen molar-refractivity contribution in [2.24, 2.45) is 0 Å². The van der Waals surface area contributed by atoms with Gasteiger partial charge < -0.3 is 19.1 Å². The summed E-state index contributed by atoms with van der Waals surface area (Å²) in [4.78, 5) is 9.49. The van der Waals surface area contributed by atoms with Gasteiger partial charge in [0.2, 0.25) is 0 Å². The minimum atomic E-state index is -0.151. The Bertz CT molecular complexity index is 2960. The number of benzene rings is 5. The molecule has 1 aliphatic rings. The van der Waals surface area contributed by atoms with Crippen LogP contribution in [0.4, 0.5) is 11.4 Å². The number of hydrogen-bond acceptors (Lipinski definition) is 4. The van der Waals surface area contributed by atoms with Crippen molar-refractivity contribution < 1.29 is 25.8 Å². The molecule has 5 nitrogen and oxygen atoms in total. The van der Waals surface area contributed by atoms with E-state index in [-0.39, 0.29) is 48.1 Å². The van der Waals surface area contributed by atoms with Crippen LogP contribution in [0.2, 0.25) is 0 Å². The largest absolute Gasteiger partial charge is 0.509 e. The first kappa shape index (κ1) is 48.8. The Balaban J connectivity index is 0.00000648. The summed E-state index contributed by atoms with van der Waals surface area (Å²) in [7, 11) is 0. The normalized spacial score (nSPS) is 14.1. The molecule has 0 radical (unpaired) electrons. The molecule has 0 bridgehead atoms. The third-order valence-corrected chi connectivity index (χ3v) is 13.1. The number of aromatic nitrogens is 2. The molecule has 0 unspecified atom stereocenters. The van der Waals surface area contributed by atoms with Crippen LogP contribution in [-0.4, -0.2) is 9.55 Å². The van der Waals surface area contributed by atoms with Gasteiger partial charge in [0.25, 0.3) is 0 Å². The van der Waals surface area contributed by atoms with Crippen LogP contribution in [0, 0.1) is 18.8 Å². The number of rotatable bonds is 6. The Morgan fingerprint density at radius 3 is 1.65 bits per heavy atom. The fourth-order valence-corrected chi connectivity index (χ4v) is 8.59. The molecule has 6 heteroatoms. The molecule has 0 spiro atoms. The smallest absolute Gasteiger partial charge is 0.135 e. The van der Waals surface area contributed by atoms with Crippen LogP contribution < -0.4 is 14.5 Å². The standard InChI is InChI=1S/C60H69N4O.Pt/c1-38-39(2)63(37-62(38)47-29-41(28-45(31-47)59(12,13)14)40-26-43(57(6,7)8)30-44(27-40)58(9,10)11)48-32-46(60(15,16)17)33-50(35-48)65-49-22-23-52-51-20-18-19-21-53(51)64(54(52)36-49)55-34-42(24-25-61-55)56(3,4)5;/h18-34,37H,1-17H3;/q-3;. The SMILES string of the molecule is CC1=C(C)N(c2cc(-c3cc(C(C)(C)C)cc(C(C)(C)C)c3)cc(C(C)(C)C)c2)[CH-]N1c1[c-]c(Oc2[c-]c3c(cc2)c2ccccc2n3-c2cc(C(C)(C)C)ccn2)cc(C(C)(C)C)c1.[Pt]. The summed E-state index contributed by atoms with van der Waals surface area (Å²) in [6.07, 6.45) is 1.91. The van der Waals surface area contributed by atoms with Crippen LogP contribution in [0.1, 0.15) is 146 Å². The summed E-state index contributed by atoms with van der Waals surface area (Å²) in [5, 5.41) is 2.25. The van der Waals surface area contributed by atoms with Crippen molar-refractivity contribution >= 4 is 33.2 Å². The molecular formula is C60H69N4OPt-3. The van der Waals surface area contributed by atoms with Crippen LogP contribution in [0.15, 0.2) is 115 Å². The van der Waals surface area contributed by atoms with Crippen LogP contribution in [-0.2, 0) is 48.1 Å². The van der Waals surface area contributed by atoms with Gasteiger partial charge in [-0.1, -0.05) is 152 Å². The van der Waals surface area contributed by atoms with Crippen molar-refractivity contribution in [2.45, 2.75) is 145 Å². The summed E-state index contributed by atoms with van der Waals surface area (Å²) in [6.45, 7) is 40.9. The number of fused-ring (bicyclic) bond motifs is 3. The molecule has 8 rings (SSSR count). The third-order valence-electron chi connectivity index (χ3n) is 13.1. The van der Waals surface area contributed by atoms with E-state index in [1.165, 1.54) is 33.4 Å². The number of nitrogens with zero attached hydrogens (tertiary/aromatic N) is 4. The van der Waals surface area contributed by atoms with Crippen molar-refractivity contribution in [2.75, 3.05) is 9.80 Å². The van der Waals surface area contributed by atoms with E-state index < -0.39 is 0 Å². The van der Waals surface area contributed by atoms with Gasteiger partial charge in [-0.05, 0) is 110 Å². The third kappa shape index (κ3) is 9.66. The van der Waals surface area contributed by atoms with Crippen molar-refractivity contribution in [3.63, 3.8) is 0 Å². The molecule has 0 saturated carbocycles. The fraction of sp³-hybridized carbons (Fsp3) is 0.367. The summed E-state index contributed by atoms with van der Waals surface area (Å²) in [5.41, 5.74) is 15.0. The van der Waals surface area contributed by atoms with Gasteiger partial charge in [-0.3, -0.25) is 0 Å². The van der Waals surface area contributed by atoms with Gasteiger partial charge in [0.05, 0.1) is 0 Å². The first-order valence-electron chi connectivity index (χ1n) is 23.3. The second kappa shape index (κ2) is 17.2. The number of allylic oxidation sites excluding steroid dienone is 2. The van der Waals surface area contributed by atoms with E-state index in [0.29, 0.717) is 11.5 Å². The van der Waals surface area contributed by atoms with E-state index in [0.717, 1.165) is 56.0 Å². The molecule has 0 N–H and O–H groups in total. The van der Waals surface area contributed by atoms with E-state index in [1.807, 2.05) is 12.3 Å². The second-order valence-electron chi connectivity index (χ2n) is 23.4. The van der Waals surface area contributed by atoms with Crippen LogP contribution in [0.25, 0.3) is 38.8 Å². The minimum Gasteiger partial charge on any atom is -0.509 e. The fourth-order valence-electron chi connectivity index (χ4n) is 8.59. The van der Waals surface area contributed by atoms with Crippen molar-refractivity contribution in [1.29, 1.82) is 0 Å². The average molecular weight is 1060 g/mol. The molecule has 0 aliphatic carbocycles. The van der Waals surface area contributed by atoms with Gasteiger partial charge in [0, 0.05) is 61.4 Å². The van der Waals surface area contributed by atoms with Crippen LogP contribution in [0.5, 0.6) is 11.5 Å². The van der Waals surface area contributed by atoms with Gasteiger partial charge in [-0.2, -0.15) is 6.07 Å².